The van der Waals surface area contributed by atoms with E-state index in [1.807, 2.05) is 6.08 Å². The molecular weight excluding hydrogens is 496 g/mol. The van der Waals surface area contributed by atoms with Crippen LogP contribution in [0.25, 0.3) is 18.2 Å². The Balaban J connectivity index is 1.87. The van der Waals surface area contributed by atoms with Crippen LogP contribution < -0.4 is 4.90 Å². The summed E-state index contributed by atoms with van der Waals surface area (Å²) in [6.45, 7) is 17.5. The molecule has 0 saturated heterocycles. The van der Waals surface area contributed by atoms with Crippen LogP contribution in [-0.4, -0.2) is 31.1 Å². The van der Waals surface area contributed by atoms with Crippen molar-refractivity contribution in [3.8, 4) is 0 Å². The van der Waals surface area contributed by atoms with Gasteiger partial charge in [0.1, 0.15) is 0 Å². The molecule has 222 valence electrons. The van der Waals surface area contributed by atoms with Crippen molar-refractivity contribution >= 4 is 23.9 Å². The largest absolute Gasteiger partial charge is 0.375 e. The van der Waals surface area contributed by atoms with Crippen molar-refractivity contribution in [1.82, 2.24) is 4.90 Å². The van der Waals surface area contributed by atoms with Gasteiger partial charge in [0.05, 0.1) is 0 Å². The zero-order valence-corrected chi connectivity index (χ0v) is 26.5. The van der Waals surface area contributed by atoms with Crippen LogP contribution in [-0.2, 0) is 0 Å². The number of unbranched alkanes of at least 4 members (excludes halogenated alkanes) is 3. The summed E-state index contributed by atoms with van der Waals surface area (Å²) in [7, 11) is 0. The highest BCUT2D eigenvalue weighted by Crippen LogP contribution is 2.19. The Morgan fingerprint density at radius 2 is 1.15 bits per heavy atom. The minimum absolute atomic E-state index is 0.941. The molecule has 0 atom stereocenters. The molecule has 0 unspecified atom stereocenters. The van der Waals surface area contributed by atoms with Gasteiger partial charge < -0.3 is 9.80 Å². The summed E-state index contributed by atoms with van der Waals surface area (Å²) in [6.07, 6.45) is 28.0. The van der Waals surface area contributed by atoms with E-state index in [2.05, 4.69) is 135 Å². The summed E-state index contributed by atoms with van der Waals surface area (Å²) >= 11 is 0. The van der Waals surface area contributed by atoms with E-state index >= 15 is 0 Å². The predicted molar refractivity (Wildman–Crippen MR) is 186 cm³/mol. The van der Waals surface area contributed by atoms with Gasteiger partial charge in [0.2, 0.25) is 0 Å². The summed E-state index contributed by atoms with van der Waals surface area (Å²) in [4.78, 5) is 5.06. The van der Waals surface area contributed by atoms with Crippen molar-refractivity contribution < 1.29 is 0 Å². The highest BCUT2D eigenvalue weighted by Gasteiger charge is 2.07. The molecule has 0 aliphatic heterocycles. The lowest BCUT2D eigenvalue weighted by Gasteiger charge is -2.26. The molecule has 2 rings (SSSR count). The van der Waals surface area contributed by atoms with Crippen LogP contribution in [0.1, 0.15) is 102 Å². The fraction of sp³-hybridized carbons (Fsp3) is 0.436. The van der Waals surface area contributed by atoms with Crippen LogP contribution in [0.5, 0.6) is 0 Å². The molecule has 0 aliphatic rings. The van der Waals surface area contributed by atoms with E-state index in [-0.39, 0.29) is 0 Å². The lowest BCUT2D eigenvalue weighted by Crippen LogP contribution is -2.25. The topological polar surface area (TPSA) is 6.48 Å². The summed E-state index contributed by atoms with van der Waals surface area (Å²) in [5.41, 5.74) is 6.41. The molecule has 0 aromatic heterocycles. The van der Waals surface area contributed by atoms with Gasteiger partial charge >= 0.3 is 0 Å². The van der Waals surface area contributed by atoms with E-state index in [1.54, 1.807) is 0 Å². The second kappa shape index (κ2) is 21.5. The summed E-state index contributed by atoms with van der Waals surface area (Å²) in [6, 6.07) is 17.8. The quantitative estimate of drug-likeness (QED) is 0.0863. The summed E-state index contributed by atoms with van der Waals surface area (Å²) in [5, 5.41) is 0. The molecule has 0 aliphatic carbocycles. The van der Waals surface area contributed by atoms with Crippen LogP contribution in [0.15, 0.2) is 91.2 Å². The van der Waals surface area contributed by atoms with Crippen molar-refractivity contribution in [1.29, 1.82) is 0 Å². The first-order valence-electron chi connectivity index (χ1n) is 16.2. The second-order valence-electron chi connectivity index (χ2n) is 10.8. The van der Waals surface area contributed by atoms with Gasteiger partial charge in [0.25, 0.3) is 0 Å². The highest BCUT2D eigenvalue weighted by atomic mass is 15.1. The van der Waals surface area contributed by atoms with E-state index < -0.39 is 0 Å². The van der Waals surface area contributed by atoms with Crippen molar-refractivity contribution in [3.05, 3.63) is 108 Å². The normalized spacial score (nSPS) is 12.1. The van der Waals surface area contributed by atoms with Crippen molar-refractivity contribution in [2.45, 2.75) is 85.5 Å². The SMILES string of the molecule is C=C/C=C(\C/C=C\C/C=C/c1ccc(/C=C/c2ccc(N(CCCC)CCCC)cc2)cc1)N(CCC)CCCC. The third-order valence-electron chi connectivity index (χ3n) is 7.29. The van der Waals surface area contributed by atoms with E-state index in [9.17, 15) is 0 Å². The fourth-order valence-electron chi connectivity index (χ4n) is 4.81. The van der Waals surface area contributed by atoms with Crippen LogP contribution in [0, 0.1) is 0 Å². The van der Waals surface area contributed by atoms with Gasteiger partial charge in [-0.2, -0.15) is 0 Å². The maximum absolute atomic E-state index is 3.93. The second-order valence-corrected chi connectivity index (χ2v) is 10.8. The lowest BCUT2D eigenvalue weighted by molar-refractivity contribution is 0.332. The fourth-order valence-corrected chi connectivity index (χ4v) is 4.81. The first-order chi connectivity index (χ1) is 20.1. The zero-order valence-electron chi connectivity index (χ0n) is 26.5. The van der Waals surface area contributed by atoms with Gasteiger partial charge in [-0.15, -0.1) is 0 Å². The zero-order chi connectivity index (χ0) is 29.5. The number of allylic oxidation sites excluding steroid dienone is 5. The molecule has 41 heavy (non-hydrogen) atoms. The predicted octanol–water partition coefficient (Wildman–Crippen LogP) is 11.2. The van der Waals surface area contributed by atoms with Gasteiger partial charge in [-0.1, -0.05) is 132 Å². The maximum atomic E-state index is 3.93. The Bertz CT molecular complexity index is 1060. The molecule has 0 bridgehead atoms. The van der Waals surface area contributed by atoms with E-state index in [0.29, 0.717) is 0 Å². The highest BCUT2D eigenvalue weighted by molar-refractivity contribution is 5.71. The molecule has 0 fully saturated rings. The van der Waals surface area contributed by atoms with E-state index in [4.69, 9.17) is 0 Å². The number of hydrogen-bond acceptors (Lipinski definition) is 2. The first kappa shape index (κ1) is 33.9. The standard InChI is InChI=1S/C39H56N2/c1-6-11-32-40(31-10-5)38(18-9-4)20-17-15-14-16-19-35-21-23-36(24-22-35)25-26-37-27-29-39(30-28-37)41(33-12-7-2)34-13-8-3/h9,15-19,21-30H,4,6-8,10-14,20,31-34H2,1-3,5H3/b17-15-,19-16+,26-25+,38-18+. The molecule has 0 heterocycles. The maximum Gasteiger partial charge on any atom is 0.0366 e. The van der Waals surface area contributed by atoms with E-state index in [0.717, 1.165) is 39.0 Å². The third kappa shape index (κ3) is 13.8. The lowest BCUT2D eigenvalue weighted by atomic mass is 10.1. The van der Waals surface area contributed by atoms with Gasteiger partial charge in [0.15, 0.2) is 0 Å². The first-order valence-corrected chi connectivity index (χ1v) is 16.2. The molecule has 0 radical (unpaired) electrons. The molecule has 0 N–H and O–H groups in total. The smallest absolute Gasteiger partial charge is 0.0366 e. The molecule has 0 spiro atoms. The van der Waals surface area contributed by atoms with Gasteiger partial charge in [0, 0.05) is 44.0 Å². The summed E-state index contributed by atoms with van der Waals surface area (Å²) < 4.78 is 0. The van der Waals surface area contributed by atoms with Gasteiger partial charge in [-0.3, -0.25) is 0 Å². The average molecular weight is 553 g/mol. The van der Waals surface area contributed by atoms with Crippen molar-refractivity contribution in [2.75, 3.05) is 31.1 Å². The molecule has 2 aromatic rings. The monoisotopic (exact) mass is 552 g/mol. The molecule has 2 heteroatoms. The Kier molecular flexibility index (Phi) is 17.8. The minimum atomic E-state index is 0.941. The van der Waals surface area contributed by atoms with Gasteiger partial charge in [-0.25, -0.2) is 0 Å². The van der Waals surface area contributed by atoms with Crippen LogP contribution in [0.3, 0.4) is 0 Å². The Morgan fingerprint density at radius 3 is 1.68 bits per heavy atom. The number of rotatable bonds is 21. The van der Waals surface area contributed by atoms with Crippen LogP contribution >= 0.6 is 0 Å². The molecule has 2 nitrogen and oxygen atoms in total. The van der Waals surface area contributed by atoms with Crippen LogP contribution in [0.2, 0.25) is 0 Å². The Labute approximate surface area is 252 Å². The number of hydrogen-bond donors (Lipinski definition) is 0. The Hall–Kier alpha value is -3.26. The van der Waals surface area contributed by atoms with E-state index in [1.165, 1.54) is 73.0 Å². The molecule has 0 saturated carbocycles. The molecule has 0 amide bonds. The number of nitrogens with zero attached hydrogens (tertiary/aromatic N) is 2. The van der Waals surface area contributed by atoms with Crippen LogP contribution in [0.4, 0.5) is 5.69 Å². The van der Waals surface area contributed by atoms with Crippen molar-refractivity contribution in [3.63, 3.8) is 0 Å². The molecular formula is C39H56N2. The van der Waals surface area contributed by atoms with Gasteiger partial charge in [-0.05, 0) is 67.0 Å². The molecule has 2 aromatic carbocycles. The minimum Gasteiger partial charge on any atom is -0.375 e. The Morgan fingerprint density at radius 1 is 0.610 bits per heavy atom. The average Bonchev–Trinajstić information content (AvgIpc) is 3.00. The van der Waals surface area contributed by atoms with Crippen molar-refractivity contribution in [2.24, 2.45) is 0 Å². The third-order valence-corrected chi connectivity index (χ3v) is 7.29. The summed E-state index contributed by atoms with van der Waals surface area (Å²) in [5.74, 6) is 0. The number of benzene rings is 2. The number of anilines is 1.